The molecule has 9 heteroatoms. The highest BCUT2D eigenvalue weighted by Gasteiger charge is 2.30. The summed E-state index contributed by atoms with van der Waals surface area (Å²) in [7, 11) is 1.40. The van der Waals surface area contributed by atoms with Gasteiger partial charge in [0.2, 0.25) is 5.91 Å². The van der Waals surface area contributed by atoms with Gasteiger partial charge >= 0.3 is 5.97 Å². The summed E-state index contributed by atoms with van der Waals surface area (Å²) in [6.07, 6.45) is 8.83. The fourth-order valence-corrected chi connectivity index (χ4v) is 4.63. The highest BCUT2D eigenvalue weighted by Crippen LogP contribution is 2.35. The van der Waals surface area contributed by atoms with Crippen LogP contribution in [0.25, 0.3) is 10.9 Å². The first kappa shape index (κ1) is 25.7. The van der Waals surface area contributed by atoms with Gasteiger partial charge < -0.3 is 20.1 Å². The summed E-state index contributed by atoms with van der Waals surface area (Å²) in [5.74, 6) is 1.33. The van der Waals surface area contributed by atoms with Gasteiger partial charge in [-0.15, -0.1) is 0 Å². The molecule has 2 aliphatic rings. The zero-order valence-electron chi connectivity index (χ0n) is 21.6. The van der Waals surface area contributed by atoms with Crippen molar-refractivity contribution in [2.75, 3.05) is 37.4 Å². The number of anilines is 2. The van der Waals surface area contributed by atoms with Crippen LogP contribution in [0.1, 0.15) is 31.2 Å². The molecule has 0 spiro atoms. The molecule has 9 nitrogen and oxygen atoms in total. The molecule has 1 aliphatic carbocycles. The Hall–Kier alpha value is -3.98. The Morgan fingerprint density at radius 2 is 1.97 bits per heavy atom. The summed E-state index contributed by atoms with van der Waals surface area (Å²) in [5, 5.41) is 7.15. The largest absolute Gasteiger partial charge is 0.491 e. The number of methoxy groups -OCH3 is 1. The zero-order chi connectivity index (χ0) is 26.3. The van der Waals surface area contributed by atoms with Gasteiger partial charge in [-0.2, -0.15) is 0 Å². The van der Waals surface area contributed by atoms with Gasteiger partial charge in [-0.05, 0) is 49.8 Å². The smallest absolute Gasteiger partial charge is 0.323 e. The van der Waals surface area contributed by atoms with Gasteiger partial charge in [0.25, 0.3) is 0 Å². The number of likely N-dealkylation sites (tertiary alicyclic amines) is 1. The molecule has 5 rings (SSSR count). The maximum absolute atomic E-state index is 12.9. The predicted octanol–water partition coefficient (Wildman–Crippen LogP) is 4.16. The molecule has 2 heterocycles. The van der Waals surface area contributed by atoms with Crippen LogP contribution in [-0.2, 0) is 20.9 Å². The van der Waals surface area contributed by atoms with Gasteiger partial charge in [-0.3, -0.25) is 14.5 Å². The van der Waals surface area contributed by atoms with Crippen molar-refractivity contribution in [2.45, 2.75) is 38.3 Å². The number of rotatable bonds is 11. The van der Waals surface area contributed by atoms with Crippen molar-refractivity contribution < 1.29 is 19.1 Å². The molecule has 2 N–H and O–H groups in total. The van der Waals surface area contributed by atoms with Gasteiger partial charge in [-0.1, -0.05) is 36.4 Å². The summed E-state index contributed by atoms with van der Waals surface area (Å²) in [6, 6.07) is 13.6. The zero-order valence-corrected chi connectivity index (χ0v) is 21.6. The molecule has 38 heavy (non-hydrogen) atoms. The Kier molecular flexibility index (Phi) is 8.13. The average Bonchev–Trinajstić information content (AvgIpc) is 3.66. The molecule has 0 unspecified atom stereocenters. The molecule has 1 saturated carbocycles. The topological polar surface area (TPSA) is 106 Å². The van der Waals surface area contributed by atoms with Crippen LogP contribution in [0, 0.1) is 5.92 Å². The summed E-state index contributed by atoms with van der Waals surface area (Å²) >= 11 is 0. The minimum Gasteiger partial charge on any atom is -0.491 e. The highest BCUT2D eigenvalue weighted by molar-refractivity contribution is 6.03. The maximum Gasteiger partial charge on any atom is 0.323 e. The van der Waals surface area contributed by atoms with Crippen LogP contribution >= 0.6 is 0 Å². The van der Waals surface area contributed by atoms with E-state index in [1.165, 1.54) is 19.5 Å². The second-order valence-electron chi connectivity index (χ2n) is 9.75. The molecule has 0 bridgehead atoms. The fourth-order valence-electron chi connectivity index (χ4n) is 4.63. The van der Waals surface area contributed by atoms with E-state index in [2.05, 4.69) is 20.6 Å². The first-order valence-electron chi connectivity index (χ1n) is 13.1. The number of nitrogens with zero attached hydrogens (tertiary/aromatic N) is 3. The number of fused-ring (bicyclic) bond motifs is 1. The normalized spacial score (nSPS) is 17.6. The number of hydrogen-bond donors (Lipinski definition) is 2. The van der Waals surface area contributed by atoms with Crippen molar-refractivity contribution in [3.63, 3.8) is 0 Å². The fraction of sp³-hybridized carbons (Fsp3) is 0.379. The van der Waals surface area contributed by atoms with E-state index in [1.54, 1.807) is 6.08 Å². The number of nitrogens with one attached hydrogen (secondary N) is 2. The van der Waals surface area contributed by atoms with Crippen molar-refractivity contribution in [2.24, 2.45) is 5.92 Å². The monoisotopic (exact) mass is 515 g/mol. The number of benzene rings is 2. The Labute approximate surface area is 222 Å². The SMILES string of the molecule is COC(=O)[C@@H]1CCCN1CC=CC(=O)Nc1cc2c(NCc3ccccc3)ncnc2cc1OCC1CC1. The molecular weight excluding hydrogens is 482 g/mol. The lowest BCUT2D eigenvalue weighted by Gasteiger charge is -2.20. The second-order valence-corrected chi connectivity index (χ2v) is 9.75. The Morgan fingerprint density at radius 1 is 1.13 bits per heavy atom. The number of carbonyl (C=O) groups is 2. The first-order valence-corrected chi connectivity index (χ1v) is 13.1. The minimum absolute atomic E-state index is 0.229. The quantitative estimate of drug-likeness (QED) is 0.290. The van der Waals surface area contributed by atoms with E-state index in [-0.39, 0.29) is 17.9 Å². The van der Waals surface area contributed by atoms with E-state index >= 15 is 0 Å². The minimum atomic E-state index is -0.273. The van der Waals surface area contributed by atoms with E-state index in [0.29, 0.717) is 42.9 Å². The van der Waals surface area contributed by atoms with Crippen molar-refractivity contribution >= 4 is 34.3 Å². The second kappa shape index (κ2) is 12.0. The lowest BCUT2D eigenvalue weighted by Crippen LogP contribution is -2.36. The number of amides is 1. The van der Waals surface area contributed by atoms with Crippen LogP contribution < -0.4 is 15.4 Å². The number of carbonyl (C=O) groups excluding carboxylic acids is 2. The molecule has 2 fully saturated rings. The lowest BCUT2D eigenvalue weighted by molar-refractivity contribution is -0.145. The van der Waals surface area contributed by atoms with Gasteiger partial charge in [0.1, 0.15) is 23.9 Å². The molecule has 1 atom stereocenters. The van der Waals surface area contributed by atoms with Gasteiger partial charge in [0.05, 0.1) is 24.9 Å². The summed E-state index contributed by atoms with van der Waals surface area (Å²) in [5.41, 5.74) is 2.44. The van der Waals surface area contributed by atoms with Crippen LogP contribution in [-0.4, -0.2) is 59.6 Å². The summed E-state index contributed by atoms with van der Waals surface area (Å²) in [6.45, 7) is 2.52. The van der Waals surface area contributed by atoms with Crippen molar-refractivity contribution in [3.05, 3.63) is 66.5 Å². The molecule has 1 aromatic heterocycles. The lowest BCUT2D eigenvalue weighted by atomic mass is 10.1. The Balaban J connectivity index is 1.32. The highest BCUT2D eigenvalue weighted by atomic mass is 16.5. The number of esters is 1. The van der Waals surface area contributed by atoms with Crippen LogP contribution in [0.15, 0.2) is 60.9 Å². The summed E-state index contributed by atoms with van der Waals surface area (Å²) in [4.78, 5) is 35.8. The molecule has 1 amide bonds. The van der Waals surface area contributed by atoms with Crippen LogP contribution in [0.4, 0.5) is 11.5 Å². The number of hydrogen-bond acceptors (Lipinski definition) is 8. The van der Waals surface area contributed by atoms with Crippen molar-refractivity contribution in [1.82, 2.24) is 14.9 Å². The van der Waals surface area contributed by atoms with Crippen LogP contribution in [0.2, 0.25) is 0 Å². The van der Waals surface area contributed by atoms with E-state index in [9.17, 15) is 9.59 Å². The van der Waals surface area contributed by atoms with Crippen molar-refractivity contribution in [3.8, 4) is 5.75 Å². The van der Waals surface area contributed by atoms with E-state index in [1.807, 2.05) is 47.4 Å². The van der Waals surface area contributed by atoms with E-state index in [0.717, 1.165) is 48.7 Å². The number of aromatic nitrogens is 2. The van der Waals surface area contributed by atoms with Gasteiger partial charge in [-0.25, -0.2) is 9.97 Å². The molecular formula is C29H33N5O4. The first-order chi connectivity index (χ1) is 18.6. The molecule has 0 radical (unpaired) electrons. The third-order valence-corrected chi connectivity index (χ3v) is 6.91. The Bertz CT molecular complexity index is 1310. The molecule has 2 aromatic carbocycles. The van der Waals surface area contributed by atoms with E-state index < -0.39 is 0 Å². The maximum atomic E-state index is 12.9. The third-order valence-electron chi connectivity index (χ3n) is 6.91. The average molecular weight is 516 g/mol. The predicted molar refractivity (Wildman–Crippen MR) is 146 cm³/mol. The third kappa shape index (κ3) is 6.47. The molecule has 3 aromatic rings. The summed E-state index contributed by atoms with van der Waals surface area (Å²) < 4.78 is 11.0. The van der Waals surface area contributed by atoms with Crippen molar-refractivity contribution in [1.29, 1.82) is 0 Å². The standard InChI is InChI=1S/C29H33N5O4/c1-37-29(36)25-9-5-13-34(25)14-6-10-27(35)33-24-15-22-23(16-26(24)38-18-21-11-12-21)31-19-32-28(22)30-17-20-7-3-2-4-8-20/h2-4,6-8,10,15-16,19,21,25H,5,9,11-14,17-18H2,1H3,(H,33,35)(H,30,31,32)/t25-/m0/s1. The molecule has 1 saturated heterocycles. The Morgan fingerprint density at radius 3 is 2.76 bits per heavy atom. The van der Waals surface area contributed by atoms with E-state index in [4.69, 9.17) is 9.47 Å². The van der Waals surface area contributed by atoms with Gasteiger partial charge in [0.15, 0.2) is 0 Å². The number of ether oxygens (including phenoxy) is 2. The molecule has 198 valence electrons. The van der Waals surface area contributed by atoms with Gasteiger partial charge in [0, 0.05) is 30.6 Å². The van der Waals surface area contributed by atoms with Crippen LogP contribution in [0.3, 0.4) is 0 Å². The van der Waals surface area contributed by atoms with Crippen LogP contribution in [0.5, 0.6) is 5.75 Å². The molecule has 1 aliphatic heterocycles.